The molecule has 0 unspecified atom stereocenters. The Hall–Kier alpha value is -3.08. The lowest BCUT2D eigenvalue weighted by Crippen LogP contribution is -2.43. The molecule has 0 aliphatic carbocycles. The smallest absolute Gasteiger partial charge is 0.242 e. The van der Waals surface area contributed by atoms with E-state index in [-0.39, 0.29) is 18.4 Å². The van der Waals surface area contributed by atoms with Gasteiger partial charge in [0.15, 0.2) is 0 Å². The number of amides is 2. The Bertz CT molecular complexity index is 1040. The van der Waals surface area contributed by atoms with Crippen LogP contribution < -0.4 is 0 Å². The van der Waals surface area contributed by atoms with Crippen molar-refractivity contribution < 1.29 is 9.59 Å². The summed E-state index contributed by atoms with van der Waals surface area (Å²) >= 11 is 0. The first-order valence-electron chi connectivity index (χ1n) is 12.2. The second-order valence-corrected chi connectivity index (χ2v) is 8.83. The highest BCUT2D eigenvalue weighted by molar-refractivity contribution is 5.85. The molecule has 0 aliphatic rings. The van der Waals surface area contributed by atoms with E-state index < -0.39 is 0 Å². The third kappa shape index (κ3) is 6.95. The van der Waals surface area contributed by atoms with Crippen LogP contribution in [0.3, 0.4) is 0 Å². The highest BCUT2D eigenvalue weighted by Crippen LogP contribution is 2.19. The standard InChI is InChI=1S/C28H37N3O2/c1-4-6-17-30(27(32)9-5-2)21-28(33)31(20-23-14-12-22(3)13-15-23)18-16-24-19-29-26-11-8-7-10-25(24)26/h7-8,10-15,19,29H,4-6,9,16-18,20-21H2,1-3H3. The number of aromatic nitrogens is 1. The van der Waals surface area contributed by atoms with E-state index in [0.29, 0.717) is 26.1 Å². The van der Waals surface area contributed by atoms with Gasteiger partial charge >= 0.3 is 0 Å². The Morgan fingerprint density at radius 3 is 2.36 bits per heavy atom. The third-order valence-corrected chi connectivity index (χ3v) is 6.10. The summed E-state index contributed by atoms with van der Waals surface area (Å²) in [5.41, 5.74) is 4.62. The van der Waals surface area contributed by atoms with Crippen LogP contribution in [0.15, 0.2) is 54.7 Å². The number of carbonyl (C=O) groups is 2. The van der Waals surface area contributed by atoms with Gasteiger partial charge < -0.3 is 14.8 Å². The number of hydrogen-bond donors (Lipinski definition) is 1. The quantitative estimate of drug-likeness (QED) is 0.400. The van der Waals surface area contributed by atoms with E-state index in [1.807, 2.05) is 30.2 Å². The minimum Gasteiger partial charge on any atom is -0.361 e. The normalized spacial score (nSPS) is 11.0. The number of benzene rings is 2. The van der Waals surface area contributed by atoms with Crippen molar-refractivity contribution in [3.63, 3.8) is 0 Å². The van der Waals surface area contributed by atoms with Crippen LogP contribution in [0.2, 0.25) is 0 Å². The number of carbonyl (C=O) groups excluding carboxylic acids is 2. The minimum absolute atomic E-state index is 0.0102. The molecule has 3 rings (SSSR count). The van der Waals surface area contributed by atoms with E-state index in [0.717, 1.165) is 36.8 Å². The summed E-state index contributed by atoms with van der Waals surface area (Å²) in [7, 11) is 0. The molecular formula is C28H37N3O2. The first-order chi connectivity index (χ1) is 16.0. The van der Waals surface area contributed by atoms with Crippen LogP contribution in [0, 0.1) is 6.92 Å². The number of nitrogens with zero attached hydrogens (tertiary/aromatic N) is 2. The number of rotatable bonds is 12. The Morgan fingerprint density at radius 2 is 1.64 bits per heavy atom. The van der Waals surface area contributed by atoms with Crippen molar-refractivity contribution in [2.24, 2.45) is 0 Å². The number of aromatic amines is 1. The Balaban J connectivity index is 1.76. The van der Waals surface area contributed by atoms with Crippen molar-refractivity contribution in [1.82, 2.24) is 14.8 Å². The van der Waals surface area contributed by atoms with Gasteiger partial charge in [-0.25, -0.2) is 0 Å². The number of unbranched alkanes of at least 4 members (excludes halogenated alkanes) is 1. The fraction of sp³-hybridized carbons (Fsp3) is 0.429. The summed E-state index contributed by atoms with van der Waals surface area (Å²) in [6.07, 6.45) is 6.00. The molecule has 176 valence electrons. The minimum atomic E-state index is 0.0102. The van der Waals surface area contributed by atoms with Gasteiger partial charge in [0.1, 0.15) is 0 Å². The van der Waals surface area contributed by atoms with Crippen LogP contribution >= 0.6 is 0 Å². The van der Waals surface area contributed by atoms with Crippen molar-refractivity contribution in [1.29, 1.82) is 0 Å². The second-order valence-electron chi connectivity index (χ2n) is 8.83. The number of nitrogens with one attached hydrogen (secondary N) is 1. The van der Waals surface area contributed by atoms with Gasteiger partial charge in [-0.15, -0.1) is 0 Å². The number of fused-ring (bicyclic) bond motifs is 1. The van der Waals surface area contributed by atoms with Crippen molar-refractivity contribution in [2.45, 2.75) is 59.4 Å². The first kappa shape index (κ1) is 24.6. The summed E-state index contributed by atoms with van der Waals surface area (Å²) in [4.78, 5) is 33.1. The number of hydrogen-bond acceptors (Lipinski definition) is 2. The molecule has 0 spiro atoms. The zero-order valence-electron chi connectivity index (χ0n) is 20.3. The highest BCUT2D eigenvalue weighted by atomic mass is 16.2. The van der Waals surface area contributed by atoms with Crippen LogP contribution in [0.5, 0.6) is 0 Å². The molecule has 0 fully saturated rings. The van der Waals surface area contributed by atoms with Gasteiger partial charge in [0.05, 0.1) is 6.54 Å². The summed E-state index contributed by atoms with van der Waals surface area (Å²) in [6.45, 7) is 8.12. The topological polar surface area (TPSA) is 56.4 Å². The van der Waals surface area contributed by atoms with Crippen LogP contribution in [0.1, 0.15) is 56.2 Å². The molecule has 0 saturated carbocycles. The summed E-state index contributed by atoms with van der Waals surface area (Å²) in [5, 5.41) is 1.20. The molecule has 33 heavy (non-hydrogen) atoms. The molecular weight excluding hydrogens is 410 g/mol. The molecule has 0 atom stereocenters. The lowest BCUT2D eigenvalue weighted by atomic mass is 10.1. The van der Waals surface area contributed by atoms with Gasteiger partial charge in [-0.05, 0) is 43.4 Å². The lowest BCUT2D eigenvalue weighted by molar-refractivity contribution is -0.141. The van der Waals surface area contributed by atoms with Crippen LogP contribution in [-0.2, 0) is 22.6 Å². The number of para-hydroxylation sites is 1. The molecule has 5 nitrogen and oxygen atoms in total. The zero-order chi connectivity index (χ0) is 23.6. The van der Waals surface area contributed by atoms with Gasteiger partial charge in [-0.2, -0.15) is 0 Å². The zero-order valence-corrected chi connectivity index (χ0v) is 20.3. The van der Waals surface area contributed by atoms with Gasteiger partial charge in [-0.1, -0.05) is 68.3 Å². The highest BCUT2D eigenvalue weighted by Gasteiger charge is 2.21. The van der Waals surface area contributed by atoms with Gasteiger partial charge in [0.25, 0.3) is 0 Å². The first-order valence-corrected chi connectivity index (χ1v) is 12.2. The van der Waals surface area contributed by atoms with Crippen LogP contribution in [-0.4, -0.2) is 46.2 Å². The average molecular weight is 448 g/mol. The van der Waals surface area contributed by atoms with E-state index >= 15 is 0 Å². The maximum absolute atomic E-state index is 13.4. The predicted molar refractivity (Wildman–Crippen MR) is 135 cm³/mol. The SMILES string of the molecule is CCCCN(CC(=O)N(CCc1c[nH]c2ccccc12)Cc1ccc(C)cc1)C(=O)CCC. The molecule has 1 N–H and O–H groups in total. The molecule has 2 amide bonds. The molecule has 2 aromatic carbocycles. The van der Waals surface area contributed by atoms with Gasteiger partial charge in [-0.3, -0.25) is 9.59 Å². The van der Waals surface area contributed by atoms with Crippen molar-refractivity contribution >= 4 is 22.7 Å². The van der Waals surface area contributed by atoms with E-state index in [9.17, 15) is 9.59 Å². The molecule has 0 saturated heterocycles. The van der Waals surface area contributed by atoms with E-state index in [1.54, 1.807) is 4.90 Å². The molecule has 1 aromatic heterocycles. The summed E-state index contributed by atoms with van der Waals surface area (Å²) in [5.74, 6) is 0.0854. The fourth-order valence-corrected chi connectivity index (χ4v) is 4.08. The van der Waals surface area contributed by atoms with Gasteiger partial charge in [0.2, 0.25) is 11.8 Å². The largest absolute Gasteiger partial charge is 0.361 e. The Morgan fingerprint density at radius 1 is 0.879 bits per heavy atom. The molecule has 0 bridgehead atoms. The Labute approximate surface area is 197 Å². The van der Waals surface area contributed by atoms with Crippen molar-refractivity contribution in [3.8, 4) is 0 Å². The van der Waals surface area contributed by atoms with Gasteiger partial charge in [0, 0.05) is 43.2 Å². The second kappa shape index (κ2) is 12.2. The lowest BCUT2D eigenvalue weighted by Gasteiger charge is -2.28. The fourth-order valence-electron chi connectivity index (χ4n) is 4.08. The van der Waals surface area contributed by atoms with E-state index in [2.05, 4.69) is 55.2 Å². The number of H-pyrrole nitrogens is 1. The monoisotopic (exact) mass is 447 g/mol. The van der Waals surface area contributed by atoms with Crippen molar-refractivity contribution in [3.05, 3.63) is 71.4 Å². The molecule has 0 radical (unpaired) electrons. The summed E-state index contributed by atoms with van der Waals surface area (Å²) in [6, 6.07) is 16.6. The maximum atomic E-state index is 13.4. The summed E-state index contributed by atoms with van der Waals surface area (Å²) < 4.78 is 0. The van der Waals surface area contributed by atoms with Crippen LogP contribution in [0.4, 0.5) is 0 Å². The van der Waals surface area contributed by atoms with E-state index in [4.69, 9.17) is 0 Å². The predicted octanol–water partition coefficient (Wildman–Crippen LogP) is 5.48. The van der Waals surface area contributed by atoms with E-state index in [1.165, 1.54) is 16.5 Å². The molecule has 0 aliphatic heterocycles. The average Bonchev–Trinajstić information content (AvgIpc) is 3.23. The van der Waals surface area contributed by atoms with Crippen molar-refractivity contribution in [2.75, 3.05) is 19.6 Å². The Kier molecular flexibility index (Phi) is 9.11. The molecule has 3 aromatic rings. The molecule has 5 heteroatoms. The molecule has 1 heterocycles. The third-order valence-electron chi connectivity index (χ3n) is 6.10. The maximum Gasteiger partial charge on any atom is 0.242 e. The number of aryl methyl sites for hydroxylation is 1. The van der Waals surface area contributed by atoms with Crippen LogP contribution in [0.25, 0.3) is 10.9 Å².